The van der Waals surface area contributed by atoms with Crippen LogP contribution in [0.4, 0.5) is 11.8 Å². The van der Waals surface area contributed by atoms with Gasteiger partial charge in [-0.3, -0.25) is 0 Å². The van der Waals surface area contributed by atoms with E-state index in [4.69, 9.17) is 4.42 Å². The fourth-order valence-electron chi connectivity index (χ4n) is 3.61. The molecular formula is C19H21N7O. The van der Waals surface area contributed by atoms with Crippen molar-refractivity contribution in [1.82, 2.24) is 24.8 Å². The minimum absolute atomic E-state index is 0.325. The summed E-state index contributed by atoms with van der Waals surface area (Å²) < 4.78 is 7.79. The van der Waals surface area contributed by atoms with E-state index < -0.39 is 0 Å². The predicted molar refractivity (Wildman–Crippen MR) is 103 cm³/mol. The van der Waals surface area contributed by atoms with Crippen molar-refractivity contribution in [3.8, 4) is 0 Å². The second kappa shape index (κ2) is 6.22. The fraction of sp³-hybridized carbons (Fsp3) is 0.368. The molecule has 27 heavy (non-hydrogen) atoms. The lowest BCUT2D eigenvalue weighted by molar-refractivity contribution is 0.449. The zero-order valence-electron chi connectivity index (χ0n) is 15.4. The normalized spacial score (nSPS) is 15.7. The van der Waals surface area contributed by atoms with Crippen LogP contribution in [0.1, 0.15) is 24.6 Å². The van der Waals surface area contributed by atoms with E-state index in [1.165, 1.54) is 0 Å². The Hall–Kier alpha value is -3.16. The maximum Gasteiger partial charge on any atom is 0.298 e. The third-order valence-electron chi connectivity index (χ3n) is 5.14. The summed E-state index contributed by atoms with van der Waals surface area (Å²) in [5.41, 5.74) is 2.52. The molecule has 8 heteroatoms. The molecule has 1 fully saturated rings. The number of fused-ring (bicyclic) bond motifs is 2. The van der Waals surface area contributed by atoms with Gasteiger partial charge < -0.3 is 14.2 Å². The Morgan fingerprint density at radius 3 is 2.63 bits per heavy atom. The molecule has 0 N–H and O–H groups in total. The number of hydrogen-bond donors (Lipinski definition) is 0. The van der Waals surface area contributed by atoms with Crippen molar-refractivity contribution in [2.24, 2.45) is 0 Å². The van der Waals surface area contributed by atoms with Crippen LogP contribution < -0.4 is 9.80 Å². The summed E-state index contributed by atoms with van der Waals surface area (Å²) in [6, 6.07) is 12.5. The predicted octanol–water partition coefficient (Wildman–Crippen LogP) is 2.72. The summed E-state index contributed by atoms with van der Waals surface area (Å²) in [7, 11) is 3.97. The standard InChI is InChI=1S/C19H21N7O/c1-24(2)17-8-7-16-21-22-18(26(16)23-17)13-9-11-25(12-10-13)19-20-14-5-3-4-6-15(14)27-19/h3-8,13H,9-12H2,1-2H3. The molecule has 3 aromatic heterocycles. The van der Waals surface area contributed by atoms with Gasteiger partial charge in [0.2, 0.25) is 0 Å². The van der Waals surface area contributed by atoms with E-state index in [0.29, 0.717) is 11.9 Å². The molecule has 0 amide bonds. The Morgan fingerprint density at radius 1 is 1.04 bits per heavy atom. The summed E-state index contributed by atoms with van der Waals surface area (Å²) in [4.78, 5) is 8.81. The zero-order chi connectivity index (χ0) is 18.4. The van der Waals surface area contributed by atoms with E-state index in [0.717, 1.165) is 54.3 Å². The first-order valence-electron chi connectivity index (χ1n) is 9.19. The molecule has 4 aromatic rings. The monoisotopic (exact) mass is 363 g/mol. The van der Waals surface area contributed by atoms with Gasteiger partial charge in [0, 0.05) is 33.1 Å². The summed E-state index contributed by atoms with van der Waals surface area (Å²) in [5.74, 6) is 2.16. The Balaban J connectivity index is 1.37. The van der Waals surface area contributed by atoms with Crippen molar-refractivity contribution in [2.45, 2.75) is 18.8 Å². The number of aromatic nitrogens is 5. The lowest BCUT2D eigenvalue weighted by atomic mass is 9.96. The van der Waals surface area contributed by atoms with Gasteiger partial charge in [-0.15, -0.1) is 15.3 Å². The first-order chi connectivity index (χ1) is 13.2. The third-order valence-corrected chi connectivity index (χ3v) is 5.14. The van der Waals surface area contributed by atoms with E-state index in [-0.39, 0.29) is 0 Å². The maximum absolute atomic E-state index is 5.91. The van der Waals surface area contributed by atoms with Crippen molar-refractivity contribution in [3.05, 3.63) is 42.2 Å². The van der Waals surface area contributed by atoms with E-state index in [9.17, 15) is 0 Å². The Bertz CT molecular complexity index is 1060. The molecule has 0 aliphatic carbocycles. The smallest absolute Gasteiger partial charge is 0.298 e. The number of anilines is 2. The largest absolute Gasteiger partial charge is 0.423 e. The molecule has 4 heterocycles. The number of rotatable bonds is 3. The van der Waals surface area contributed by atoms with Crippen LogP contribution in [0.2, 0.25) is 0 Å². The lowest BCUT2D eigenvalue weighted by Gasteiger charge is -2.29. The van der Waals surface area contributed by atoms with E-state index in [1.54, 1.807) is 0 Å². The van der Waals surface area contributed by atoms with E-state index in [2.05, 4.69) is 25.2 Å². The van der Waals surface area contributed by atoms with Crippen molar-refractivity contribution in [3.63, 3.8) is 0 Å². The number of piperidine rings is 1. The van der Waals surface area contributed by atoms with Crippen LogP contribution >= 0.6 is 0 Å². The molecule has 138 valence electrons. The van der Waals surface area contributed by atoms with Gasteiger partial charge in [-0.1, -0.05) is 12.1 Å². The Labute approximate surface area is 156 Å². The van der Waals surface area contributed by atoms with Gasteiger partial charge in [-0.25, -0.2) is 0 Å². The molecule has 0 bridgehead atoms. The second-order valence-electron chi connectivity index (χ2n) is 7.14. The molecule has 0 unspecified atom stereocenters. The van der Waals surface area contributed by atoms with Crippen molar-refractivity contribution < 1.29 is 4.42 Å². The van der Waals surface area contributed by atoms with Gasteiger partial charge in [0.15, 0.2) is 17.1 Å². The zero-order valence-corrected chi connectivity index (χ0v) is 15.4. The van der Waals surface area contributed by atoms with Crippen molar-refractivity contribution in [1.29, 1.82) is 0 Å². The van der Waals surface area contributed by atoms with Crippen LogP contribution in [-0.2, 0) is 0 Å². The first-order valence-corrected chi connectivity index (χ1v) is 9.19. The highest BCUT2D eigenvalue weighted by atomic mass is 16.4. The molecule has 1 aromatic carbocycles. The molecule has 5 rings (SSSR count). The van der Waals surface area contributed by atoms with Crippen LogP contribution in [0.5, 0.6) is 0 Å². The van der Waals surface area contributed by atoms with Gasteiger partial charge in [0.25, 0.3) is 6.01 Å². The molecule has 1 aliphatic heterocycles. The molecular weight excluding hydrogens is 342 g/mol. The summed E-state index contributed by atoms with van der Waals surface area (Å²) in [6.45, 7) is 1.75. The average Bonchev–Trinajstić information content (AvgIpc) is 3.31. The summed E-state index contributed by atoms with van der Waals surface area (Å²) >= 11 is 0. The van der Waals surface area contributed by atoms with Gasteiger partial charge in [-0.2, -0.15) is 9.50 Å². The minimum Gasteiger partial charge on any atom is -0.423 e. The Kier molecular flexibility index (Phi) is 3.70. The van der Waals surface area contributed by atoms with Gasteiger partial charge >= 0.3 is 0 Å². The highest BCUT2D eigenvalue weighted by molar-refractivity contribution is 5.74. The van der Waals surface area contributed by atoms with Crippen LogP contribution in [0.3, 0.4) is 0 Å². The van der Waals surface area contributed by atoms with Crippen molar-refractivity contribution >= 4 is 28.6 Å². The highest BCUT2D eigenvalue weighted by Gasteiger charge is 2.27. The molecule has 1 aliphatic rings. The molecule has 0 atom stereocenters. The molecule has 0 saturated carbocycles. The first kappa shape index (κ1) is 16.0. The molecule has 0 spiro atoms. The number of para-hydroxylation sites is 2. The average molecular weight is 363 g/mol. The van der Waals surface area contributed by atoms with Crippen LogP contribution in [0.15, 0.2) is 40.8 Å². The Morgan fingerprint density at radius 2 is 1.85 bits per heavy atom. The van der Waals surface area contributed by atoms with Crippen LogP contribution in [0, 0.1) is 0 Å². The summed E-state index contributed by atoms with van der Waals surface area (Å²) in [5, 5.41) is 13.4. The summed E-state index contributed by atoms with van der Waals surface area (Å²) in [6.07, 6.45) is 1.93. The molecule has 0 radical (unpaired) electrons. The van der Waals surface area contributed by atoms with Crippen molar-refractivity contribution in [2.75, 3.05) is 37.0 Å². The van der Waals surface area contributed by atoms with E-state index in [1.807, 2.05) is 59.9 Å². The fourth-order valence-corrected chi connectivity index (χ4v) is 3.61. The highest BCUT2D eigenvalue weighted by Crippen LogP contribution is 2.31. The number of benzene rings is 1. The maximum atomic E-state index is 5.91. The number of hydrogen-bond acceptors (Lipinski definition) is 7. The SMILES string of the molecule is CN(C)c1ccc2nnc(C3CCN(c4nc5ccccc5o4)CC3)n2n1. The van der Waals surface area contributed by atoms with Gasteiger partial charge in [0.1, 0.15) is 11.3 Å². The minimum atomic E-state index is 0.325. The molecule has 1 saturated heterocycles. The van der Waals surface area contributed by atoms with Crippen LogP contribution in [-0.4, -0.2) is 52.0 Å². The number of oxazole rings is 1. The van der Waals surface area contributed by atoms with E-state index >= 15 is 0 Å². The van der Waals surface area contributed by atoms with Gasteiger partial charge in [0.05, 0.1) is 0 Å². The lowest BCUT2D eigenvalue weighted by Crippen LogP contribution is -2.33. The topological polar surface area (TPSA) is 75.6 Å². The molecule has 8 nitrogen and oxygen atoms in total. The quantitative estimate of drug-likeness (QED) is 0.554. The number of nitrogens with zero attached hydrogens (tertiary/aromatic N) is 7. The van der Waals surface area contributed by atoms with Crippen LogP contribution in [0.25, 0.3) is 16.7 Å². The second-order valence-corrected chi connectivity index (χ2v) is 7.14. The third kappa shape index (κ3) is 2.77. The van der Waals surface area contributed by atoms with Gasteiger partial charge in [-0.05, 0) is 37.1 Å².